The molecule has 0 saturated heterocycles. The van der Waals surface area contributed by atoms with E-state index in [1.54, 1.807) is 0 Å². The minimum Gasteiger partial charge on any atom is -0.311 e. The standard InChI is InChI=1S/C27H25N3/c1-21-8-14-25(15-9-21)30(26-16-10-22(2)11-17-26)27-18-12-23(13-19-27)20-28-29-24-6-4-3-5-7-24/h3-20,29H,1-2H3/b28-20+. The molecule has 0 spiro atoms. The molecule has 4 aromatic rings. The van der Waals surface area contributed by atoms with Crippen molar-refractivity contribution < 1.29 is 0 Å². The SMILES string of the molecule is Cc1ccc(N(c2ccc(C)cc2)c2ccc(/C=N/Nc3ccccc3)cc2)cc1. The van der Waals surface area contributed by atoms with Crippen molar-refractivity contribution in [2.45, 2.75) is 13.8 Å². The first kappa shape index (κ1) is 19.5. The molecule has 0 fully saturated rings. The van der Waals surface area contributed by atoms with Crippen molar-refractivity contribution in [1.82, 2.24) is 0 Å². The summed E-state index contributed by atoms with van der Waals surface area (Å²) in [5.74, 6) is 0. The van der Waals surface area contributed by atoms with E-state index in [1.165, 1.54) is 11.1 Å². The van der Waals surface area contributed by atoms with Gasteiger partial charge in [-0.05, 0) is 67.9 Å². The van der Waals surface area contributed by atoms with Gasteiger partial charge in [0.25, 0.3) is 0 Å². The molecule has 4 aromatic carbocycles. The maximum absolute atomic E-state index is 4.33. The molecule has 0 heterocycles. The predicted molar refractivity (Wildman–Crippen MR) is 128 cm³/mol. The number of nitrogens with zero attached hydrogens (tertiary/aromatic N) is 2. The second kappa shape index (κ2) is 9.10. The topological polar surface area (TPSA) is 27.6 Å². The number of rotatable bonds is 6. The average Bonchev–Trinajstić information content (AvgIpc) is 2.78. The predicted octanol–water partition coefficient (Wildman–Crippen LogP) is 7.22. The lowest BCUT2D eigenvalue weighted by atomic mass is 10.1. The summed E-state index contributed by atoms with van der Waals surface area (Å²) in [5, 5.41) is 4.33. The lowest BCUT2D eigenvalue weighted by Gasteiger charge is -2.25. The normalized spacial score (nSPS) is 10.9. The summed E-state index contributed by atoms with van der Waals surface area (Å²) in [6.45, 7) is 4.22. The molecule has 0 radical (unpaired) electrons. The first-order chi connectivity index (χ1) is 14.7. The third-order valence-electron chi connectivity index (χ3n) is 4.92. The molecule has 0 aliphatic rings. The summed E-state index contributed by atoms with van der Waals surface area (Å²) in [5.41, 5.74) is 10.9. The van der Waals surface area contributed by atoms with Crippen LogP contribution in [0.4, 0.5) is 22.7 Å². The molecule has 0 bridgehead atoms. The molecule has 3 heteroatoms. The Morgan fingerprint density at radius 3 is 1.57 bits per heavy atom. The Labute approximate surface area is 178 Å². The van der Waals surface area contributed by atoms with Crippen molar-refractivity contribution in [2.75, 3.05) is 10.3 Å². The monoisotopic (exact) mass is 391 g/mol. The van der Waals surface area contributed by atoms with Gasteiger partial charge in [0.1, 0.15) is 0 Å². The minimum atomic E-state index is 0.968. The molecule has 30 heavy (non-hydrogen) atoms. The van der Waals surface area contributed by atoms with Crippen LogP contribution in [0.5, 0.6) is 0 Å². The van der Waals surface area contributed by atoms with Crippen molar-refractivity contribution in [2.24, 2.45) is 5.10 Å². The molecular formula is C27H25N3. The van der Waals surface area contributed by atoms with Gasteiger partial charge in [-0.2, -0.15) is 5.10 Å². The Morgan fingerprint density at radius 1 is 0.600 bits per heavy atom. The lowest BCUT2D eigenvalue weighted by molar-refractivity contribution is 1.27. The lowest BCUT2D eigenvalue weighted by Crippen LogP contribution is -2.10. The number of hydrazone groups is 1. The number of para-hydroxylation sites is 1. The zero-order valence-corrected chi connectivity index (χ0v) is 17.3. The Hall–Kier alpha value is -3.85. The smallest absolute Gasteiger partial charge is 0.0561 e. The Kier molecular flexibility index (Phi) is 5.90. The number of benzene rings is 4. The molecule has 0 amide bonds. The van der Waals surface area contributed by atoms with Gasteiger partial charge in [0.05, 0.1) is 11.9 Å². The second-order valence-corrected chi connectivity index (χ2v) is 7.33. The molecule has 0 atom stereocenters. The molecule has 0 aliphatic heterocycles. The van der Waals surface area contributed by atoms with Gasteiger partial charge in [0, 0.05) is 17.1 Å². The Morgan fingerprint density at radius 2 is 1.07 bits per heavy atom. The van der Waals surface area contributed by atoms with Gasteiger partial charge >= 0.3 is 0 Å². The highest BCUT2D eigenvalue weighted by atomic mass is 15.3. The van der Waals surface area contributed by atoms with Gasteiger partial charge in [0.2, 0.25) is 0 Å². The number of hydrogen-bond acceptors (Lipinski definition) is 3. The molecule has 0 saturated carbocycles. The third kappa shape index (κ3) is 4.76. The number of anilines is 4. The summed E-state index contributed by atoms with van der Waals surface area (Å²) in [6, 6.07) is 35.6. The van der Waals surface area contributed by atoms with Crippen LogP contribution in [0.1, 0.15) is 16.7 Å². The van der Waals surface area contributed by atoms with Gasteiger partial charge in [-0.25, -0.2) is 0 Å². The van der Waals surface area contributed by atoms with Crippen LogP contribution in [-0.2, 0) is 0 Å². The van der Waals surface area contributed by atoms with Crippen LogP contribution >= 0.6 is 0 Å². The van der Waals surface area contributed by atoms with Crippen LogP contribution in [0.25, 0.3) is 0 Å². The summed E-state index contributed by atoms with van der Waals surface area (Å²) in [7, 11) is 0. The van der Waals surface area contributed by atoms with E-state index in [-0.39, 0.29) is 0 Å². The number of aryl methyl sites for hydroxylation is 2. The van der Waals surface area contributed by atoms with Gasteiger partial charge < -0.3 is 4.90 Å². The van der Waals surface area contributed by atoms with Crippen molar-refractivity contribution in [3.63, 3.8) is 0 Å². The van der Waals surface area contributed by atoms with Crippen molar-refractivity contribution in [3.05, 3.63) is 120 Å². The van der Waals surface area contributed by atoms with Gasteiger partial charge in [-0.1, -0.05) is 65.7 Å². The summed E-state index contributed by atoms with van der Waals surface area (Å²) < 4.78 is 0. The van der Waals surface area contributed by atoms with Crippen molar-refractivity contribution in [1.29, 1.82) is 0 Å². The van der Waals surface area contributed by atoms with E-state index in [4.69, 9.17) is 0 Å². The van der Waals surface area contributed by atoms with Crippen LogP contribution in [-0.4, -0.2) is 6.21 Å². The minimum absolute atomic E-state index is 0.968. The largest absolute Gasteiger partial charge is 0.311 e. The molecule has 0 unspecified atom stereocenters. The molecule has 1 N–H and O–H groups in total. The summed E-state index contributed by atoms with van der Waals surface area (Å²) in [4.78, 5) is 2.27. The maximum atomic E-state index is 4.33. The van der Waals surface area contributed by atoms with Crippen LogP contribution in [0.15, 0.2) is 108 Å². The fourth-order valence-electron chi connectivity index (χ4n) is 3.24. The first-order valence-corrected chi connectivity index (χ1v) is 10.1. The quantitative estimate of drug-likeness (QED) is 0.277. The van der Waals surface area contributed by atoms with Gasteiger partial charge in [0.15, 0.2) is 0 Å². The summed E-state index contributed by atoms with van der Waals surface area (Å²) in [6.07, 6.45) is 1.83. The maximum Gasteiger partial charge on any atom is 0.0561 e. The van der Waals surface area contributed by atoms with E-state index < -0.39 is 0 Å². The highest BCUT2D eigenvalue weighted by Gasteiger charge is 2.12. The van der Waals surface area contributed by atoms with Crippen molar-refractivity contribution >= 4 is 29.0 Å². The van der Waals surface area contributed by atoms with Crippen molar-refractivity contribution in [3.8, 4) is 0 Å². The van der Waals surface area contributed by atoms with Gasteiger partial charge in [-0.15, -0.1) is 0 Å². The average molecular weight is 392 g/mol. The Bertz CT molecular complexity index is 1050. The van der Waals surface area contributed by atoms with E-state index in [1.807, 2.05) is 36.5 Å². The van der Waals surface area contributed by atoms with E-state index in [0.29, 0.717) is 0 Å². The third-order valence-corrected chi connectivity index (χ3v) is 4.92. The number of hydrogen-bond donors (Lipinski definition) is 1. The van der Waals surface area contributed by atoms with Crippen LogP contribution in [0.2, 0.25) is 0 Å². The molecule has 0 aromatic heterocycles. The van der Waals surface area contributed by atoms with Gasteiger partial charge in [-0.3, -0.25) is 5.43 Å². The van der Waals surface area contributed by atoms with E-state index >= 15 is 0 Å². The fraction of sp³-hybridized carbons (Fsp3) is 0.0741. The zero-order valence-electron chi connectivity index (χ0n) is 17.3. The van der Waals surface area contributed by atoms with E-state index in [2.05, 4.69) is 102 Å². The molecular weight excluding hydrogens is 366 g/mol. The molecule has 3 nitrogen and oxygen atoms in total. The van der Waals surface area contributed by atoms with E-state index in [0.717, 1.165) is 28.3 Å². The zero-order chi connectivity index (χ0) is 20.8. The van der Waals surface area contributed by atoms with Crippen LogP contribution < -0.4 is 10.3 Å². The van der Waals surface area contributed by atoms with Crippen LogP contribution in [0.3, 0.4) is 0 Å². The van der Waals surface area contributed by atoms with E-state index in [9.17, 15) is 0 Å². The molecule has 148 valence electrons. The fourth-order valence-corrected chi connectivity index (χ4v) is 3.24. The molecule has 4 rings (SSSR count). The highest BCUT2D eigenvalue weighted by molar-refractivity contribution is 5.83. The Balaban J connectivity index is 1.59. The molecule has 0 aliphatic carbocycles. The highest BCUT2D eigenvalue weighted by Crippen LogP contribution is 2.34. The van der Waals surface area contributed by atoms with Crippen LogP contribution in [0, 0.1) is 13.8 Å². The number of nitrogens with one attached hydrogen (secondary N) is 1. The second-order valence-electron chi connectivity index (χ2n) is 7.33. The first-order valence-electron chi connectivity index (χ1n) is 10.1. The summed E-state index contributed by atoms with van der Waals surface area (Å²) >= 11 is 0.